The highest BCUT2D eigenvalue weighted by Gasteiger charge is 2.24. The van der Waals surface area contributed by atoms with E-state index in [1.165, 1.54) is 0 Å². The molecule has 1 unspecified atom stereocenters. The van der Waals surface area contributed by atoms with E-state index in [-0.39, 0.29) is 11.9 Å². The van der Waals surface area contributed by atoms with Gasteiger partial charge in [-0.3, -0.25) is 9.78 Å². The summed E-state index contributed by atoms with van der Waals surface area (Å²) in [6.07, 6.45) is 3.91. The second-order valence-electron chi connectivity index (χ2n) is 6.53. The zero-order valence-electron chi connectivity index (χ0n) is 13.9. The molecule has 6 heteroatoms. The van der Waals surface area contributed by atoms with Crippen molar-refractivity contribution in [1.29, 1.82) is 0 Å². The molecule has 1 aliphatic rings. The van der Waals surface area contributed by atoms with Crippen LogP contribution in [0.4, 0.5) is 0 Å². The van der Waals surface area contributed by atoms with E-state index >= 15 is 0 Å². The van der Waals surface area contributed by atoms with Gasteiger partial charge < -0.3 is 9.88 Å². The highest BCUT2D eigenvalue weighted by molar-refractivity contribution is 5.78. The van der Waals surface area contributed by atoms with Crippen LogP contribution in [0.3, 0.4) is 0 Å². The van der Waals surface area contributed by atoms with Crippen molar-refractivity contribution in [2.75, 3.05) is 0 Å². The molecule has 1 aliphatic heterocycles. The molecule has 1 N–H and O–H groups in total. The number of rotatable bonds is 4. The van der Waals surface area contributed by atoms with Gasteiger partial charge >= 0.3 is 0 Å². The Hall–Kier alpha value is -2.24. The maximum Gasteiger partial charge on any atom is 0.224 e. The summed E-state index contributed by atoms with van der Waals surface area (Å²) in [6, 6.07) is 4.03. The maximum atomic E-state index is 12.3. The Labute approximate surface area is 136 Å². The number of amides is 1. The van der Waals surface area contributed by atoms with Crippen molar-refractivity contribution in [3.8, 4) is 0 Å². The molecule has 1 atom stereocenters. The van der Waals surface area contributed by atoms with Crippen LogP contribution in [-0.2, 0) is 24.2 Å². The highest BCUT2D eigenvalue weighted by Crippen LogP contribution is 2.20. The summed E-state index contributed by atoms with van der Waals surface area (Å²) in [7, 11) is 0. The minimum absolute atomic E-state index is 0.0447. The third-order valence-electron chi connectivity index (χ3n) is 4.19. The molecule has 2 aromatic heterocycles. The summed E-state index contributed by atoms with van der Waals surface area (Å²) in [5.74, 6) is 2.41. The summed E-state index contributed by atoms with van der Waals surface area (Å²) in [4.78, 5) is 16.5. The first-order valence-electron chi connectivity index (χ1n) is 8.16. The number of nitrogens with zero attached hydrogens (tertiary/aromatic N) is 4. The lowest BCUT2D eigenvalue weighted by molar-refractivity contribution is -0.121. The Kier molecular flexibility index (Phi) is 4.41. The Morgan fingerprint density at radius 3 is 2.91 bits per heavy atom. The van der Waals surface area contributed by atoms with Gasteiger partial charge in [0.15, 0.2) is 0 Å². The van der Waals surface area contributed by atoms with Crippen LogP contribution >= 0.6 is 0 Å². The minimum atomic E-state index is 0.0447. The smallest absolute Gasteiger partial charge is 0.224 e. The molecule has 23 heavy (non-hydrogen) atoms. The van der Waals surface area contributed by atoms with Gasteiger partial charge in [-0.05, 0) is 25.0 Å². The summed E-state index contributed by atoms with van der Waals surface area (Å²) in [5.41, 5.74) is 1.90. The van der Waals surface area contributed by atoms with Crippen molar-refractivity contribution in [2.24, 2.45) is 0 Å². The fourth-order valence-corrected chi connectivity index (χ4v) is 2.96. The number of hydrogen-bond donors (Lipinski definition) is 1. The number of aryl methyl sites for hydroxylation is 2. The molecule has 0 radical (unpaired) electrons. The average molecular weight is 313 g/mol. The van der Waals surface area contributed by atoms with Gasteiger partial charge in [0, 0.05) is 36.8 Å². The van der Waals surface area contributed by atoms with Gasteiger partial charge in [-0.2, -0.15) is 0 Å². The SMILES string of the molecule is Cc1ccc(CC(=O)NC2CCc3nnc(C(C)C)n3C2)cn1. The third kappa shape index (κ3) is 3.57. The summed E-state index contributed by atoms with van der Waals surface area (Å²) >= 11 is 0. The first-order valence-corrected chi connectivity index (χ1v) is 8.16. The zero-order chi connectivity index (χ0) is 16.4. The van der Waals surface area contributed by atoms with Crippen molar-refractivity contribution in [1.82, 2.24) is 25.1 Å². The Morgan fingerprint density at radius 1 is 1.39 bits per heavy atom. The van der Waals surface area contributed by atoms with Gasteiger partial charge in [-0.25, -0.2) is 0 Å². The van der Waals surface area contributed by atoms with Gasteiger partial charge in [0.1, 0.15) is 11.6 Å². The van der Waals surface area contributed by atoms with Crippen LogP contribution in [-0.4, -0.2) is 31.7 Å². The first-order chi connectivity index (χ1) is 11.0. The molecule has 6 nitrogen and oxygen atoms in total. The van der Waals surface area contributed by atoms with Crippen molar-refractivity contribution >= 4 is 5.91 Å². The molecule has 122 valence electrons. The first kappa shape index (κ1) is 15.6. The zero-order valence-corrected chi connectivity index (χ0v) is 13.9. The molecular formula is C17H23N5O. The van der Waals surface area contributed by atoms with E-state index in [9.17, 15) is 4.79 Å². The second kappa shape index (κ2) is 6.48. The Morgan fingerprint density at radius 2 is 2.22 bits per heavy atom. The standard InChI is InChI=1S/C17H23N5O/c1-11(2)17-21-20-15-7-6-14(10-22(15)17)19-16(23)8-13-5-4-12(3)18-9-13/h4-5,9,11,14H,6-8,10H2,1-3H3,(H,19,23). The lowest BCUT2D eigenvalue weighted by Crippen LogP contribution is -2.42. The number of aromatic nitrogens is 4. The fourth-order valence-electron chi connectivity index (χ4n) is 2.96. The molecule has 3 rings (SSSR count). The molecule has 0 fully saturated rings. The summed E-state index contributed by atoms with van der Waals surface area (Å²) in [6.45, 7) is 6.93. The molecule has 1 amide bonds. The maximum absolute atomic E-state index is 12.3. The van der Waals surface area contributed by atoms with Crippen LogP contribution in [0.15, 0.2) is 18.3 Å². The second-order valence-corrected chi connectivity index (χ2v) is 6.53. The van der Waals surface area contributed by atoms with Gasteiger partial charge in [-0.15, -0.1) is 10.2 Å². The third-order valence-corrected chi connectivity index (χ3v) is 4.19. The fraction of sp³-hybridized carbons (Fsp3) is 0.529. The normalized spacial score (nSPS) is 17.1. The van der Waals surface area contributed by atoms with E-state index in [1.807, 2.05) is 19.1 Å². The minimum Gasteiger partial charge on any atom is -0.351 e. The Balaban J connectivity index is 1.61. The monoisotopic (exact) mass is 313 g/mol. The van der Waals surface area contributed by atoms with Crippen molar-refractivity contribution in [3.05, 3.63) is 41.2 Å². The highest BCUT2D eigenvalue weighted by atomic mass is 16.1. The Bertz CT molecular complexity index is 690. The van der Waals surface area contributed by atoms with Crippen LogP contribution in [0, 0.1) is 6.92 Å². The van der Waals surface area contributed by atoms with E-state index in [0.717, 1.165) is 42.3 Å². The van der Waals surface area contributed by atoms with Crippen molar-refractivity contribution in [3.63, 3.8) is 0 Å². The van der Waals surface area contributed by atoms with E-state index in [2.05, 4.69) is 38.9 Å². The number of carbonyl (C=O) groups is 1. The quantitative estimate of drug-likeness (QED) is 0.934. The van der Waals surface area contributed by atoms with Crippen LogP contribution < -0.4 is 5.32 Å². The predicted molar refractivity (Wildman–Crippen MR) is 87.0 cm³/mol. The average Bonchev–Trinajstić information content (AvgIpc) is 2.93. The molecule has 2 aromatic rings. The van der Waals surface area contributed by atoms with E-state index in [0.29, 0.717) is 12.3 Å². The molecular weight excluding hydrogens is 290 g/mol. The number of nitrogens with one attached hydrogen (secondary N) is 1. The van der Waals surface area contributed by atoms with Crippen LogP contribution in [0.1, 0.15) is 49.1 Å². The lowest BCUT2D eigenvalue weighted by Gasteiger charge is -2.26. The molecule has 0 saturated heterocycles. The molecule has 0 aliphatic carbocycles. The predicted octanol–water partition coefficient (Wildman–Crippen LogP) is 1.78. The van der Waals surface area contributed by atoms with E-state index in [1.54, 1.807) is 6.20 Å². The van der Waals surface area contributed by atoms with Gasteiger partial charge in [0.05, 0.1) is 6.42 Å². The molecule has 0 saturated carbocycles. The number of pyridine rings is 1. The molecule has 0 spiro atoms. The number of hydrogen-bond acceptors (Lipinski definition) is 4. The van der Waals surface area contributed by atoms with Crippen LogP contribution in [0.25, 0.3) is 0 Å². The van der Waals surface area contributed by atoms with Gasteiger partial charge in [-0.1, -0.05) is 19.9 Å². The summed E-state index contributed by atoms with van der Waals surface area (Å²) in [5, 5.41) is 11.7. The largest absolute Gasteiger partial charge is 0.351 e. The van der Waals surface area contributed by atoms with E-state index in [4.69, 9.17) is 0 Å². The van der Waals surface area contributed by atoms with Crippen LogP contribution in [0.2, 0.25) is 0 Å². The van der Waals surface area contributed by atoms with Crippen LogP contribution in [0.5, 0.6) is 0 Å². The van der Waals surface area contributed by atoms with Gasteiger partial charge in [0.2, 0.25) is 5.91 Å². The van der Waals surface area contributed by atoms with Gasteiger partial charge in [0.25, 0.3) is 0 Å². The van der Waals surface area contributed by atoms with Crippen molar-refractivity contribution in [2.45, 2.75) is 58.5 Å². The lowest BCUT2D eigenvalue weighted by atomic mass is 10.1. The van der Waals surface area contributed by atoms with E-state index < -0.39 is 0 Å². The molecule has 0 aromatic carbocycles. The van der Waals surface area contributed by atoms with Crippen molar-refractivity contribution < 1.29 is 4.79 Å². The molecule has 3 heterocycles. The molecule has 0 bridgehead atoms. The topological polar surface area (TPSA) is 72.7 Å². The number of carbonyl (C=O) groups excluding carboxylic acids is 1. The number of fused-ring (bicyclic) bond motifs is 1. The summed E-state index contributed by atoms with van der Waals surface area (Å²) < 4.78 is 2.16.